The monoisotopic (exact) mass is 549 g/mol. The predicted molar refractivity (Wildman–Crippen MR) is 137 cm³/mol. The number of benzene rings is 2. The van der Waals surface area contributed by atoms with Crippen LogP contribution in [-0.4, -0.2) is 46.5 Å². The lowest BCUT2D eigenvalue weighted by atomic mass is 9.76. The molecular formula is C29H28ClF4NO3. The average molecular weight is 550 g/mol. The predicted octanol–water partition coefficient (Wildman–Crippen LogP) is 6.92. The van der Waals surface area contributed by atoms with Crippen LogP contribution in [0.4, 0.5) is 17.6 Å². The molecule has 2 aromatic rings. The Bertz CT molecular complexity index is 1260. The van der Waals surface area contributed by atoms with E-state index in [2.05, 4.69) is 0 Å². The van der Waals surface area contributed by atoms with E-state index in [1.807, 2.05) is 30.3 Å². The van der Waals surface area contributed by atoms with Crippen molar-refractivity contribution >= 4 is 17.5 Å². The molecule has 2 unspecified atom stereocenters. The molecule has 2 aliphatic rings. The van der Waals surface area contributed by atoms with Gasteiger partial charge in [-0.2, -0.15) is 13.2 Å². The molecule has 1 N–H and O–H groups in total. The van der Waals surface area contributed by atoms with E-state index in [0.29, 0.717) is 28.5 Å². The largest absolute Gasteiger partial charge is 0.489 e. The SMILES string of the molecule is C/C=C1\C(=C/C2=CC(F)C2(O)C(F)(F)F)CC[C@H](Oc2ccc(Cl)cc2)CN1C(=O)[C@@H](C)c1ccccc1. The lowest BCUT2D eigenvalue weighted by Gasteiger charge is -2.40. The van der Waals surface area contributed by atoms with Gasteiger partial charge in [-0.15, -0.1) is 0 Å². The molecule has 38 heavy (non-hydrogen) atoms. The van der Waals surface area contributed by atoms with Gasteiger partial charge in [-0.05, 0) is 73.7 Å². The van der Waals surface area contributed by atoms with E-state index in [1.165, 1.54) is 4.90 Å². The number of alkyl halides is 4. The van der Waals surface area contributed by atoms with Crippen molar-refractivity contribution in [1.29, 1.82) is 0 Å². The van der Waals surface area contributed by atoms with Gasteiger partial charge in [0.25, 0.3) is 0 Å². The smallest absolute Gasteiger partial charge is 0.424 e. The molecule has 0 radical (unpaired) electrons. The summed E-state index contributed by atoms with van der Waals surface area (Å²) in [7, 11) is 0. The Morgan fingerprint density at radius 3 is 2.42 bits per heavy atom. The summed E-state index contributed by atoms with van der Waals surface area (Å²) in [4.78, 5) is 15.3. The van der Waals surface area contributed by atoms with Gasteiger partial charge < -0.3 is 14.7 Å². The van der Waals surface area contributed by atoms with Gasteiger partial charge in [0.1, 0.15) is 11.9 Å². The summed E-state index contributed by atoms with van der Waals surface area (Å²) >= 11 is 5.97. The molecule has 202 valence electrons. The molecule has 1 heterocycles. The number of hydrogen-bond acceptors (Lipinski definition) is 3. The molecular weight excluding hydrogens is 522 g/mol. The molecule has 1 amide bonds. The molecule has 0 spiro atoms. The topological polar surface area (TPSA) is 49.8 Å². The number of allylic oxidation sites excluding steroid dienone is 2. The van der Waals surface area contributed by atoms with Crippen LogP contribution in [0.1, 0.15) is 38.2 Å². The van der Waals surface area contributed by atoms with Crippen molar-refractivity contribution in [1.82, 2.24) is 4.90 Å². The van der Waals surface area contributed by atoms with Crippen LogP contribution in [0.25, 0.3) is 0 Å². The number of nitrogens with zero attached hydrogens (tertiary/aromatic N) is 1. The van der Waals surface area contributed by atoms with Gasteiger partial charge in [-0.3, -0.25) is 4.79 Å². The Morgan fingerprint density at radius 2 is 1.84 bits per heavy atom. The summed E-state index contributed by atoms with van der Waals surface area (Å²) < 4.78 is 60.8. The number of amides is 1. The number of carbonyl (C=O) groups excluding carboxylic acids is 1. The Hall–Kier alpha value is -3.10. The second-order valence-electron chi connectivity index (χ2n) is 9.45. The second-order valence-corrected chi connectivity index (χ2v) is 9.88. The van der Waals surface area contributed by atoms with Crippen LogP contribution in [0.3, 0.4) is 0 Å². The van der Waals surface area contributed by atoms with Gasteiger partial charge in [-0.25, -0.2) is 4.39 Å². The number of carbonyl (C=O) groups is 1. The van der Waals surface area contributed by atoms with E-state index in [1.54, 1.807) is 44.2 Å². The standard InChI is InChI=1S/C29H28ClF4NO3/c1-3-25-20(15-21-16-26(31)28(21,37)29(32,33)34)9-12-24(38-23-13-10-22(30)11-14-23)17-35(25)27(36)18(2)19-7-5-4-6-8-19/h3-8,10-11,13-16,18,24,26,37H,9,12,17H2,1-2H3/b20-15-,25-3+/t18-,24-,26?,28?/m0/s1. The molecule has 4 atom stereocenters. The maximum absolute atomic E-state index is 14.0. The first kappa shape index (κ1) is 27.9. The van der Waals surface area contributed by atoms with Crippen LogP contribution in [0, 0.1) is 0 Å². The number of halogens is 5. The van der Waals surface area contributed by atoms with Crippen LogP contribution >= 0.6 is 11.6 Å². The minimum Gasteiger partial charge on any atom is -0.489 e. The third-order valence-corrected chi connectivity index (χ3v) is 7.25. The van der Waals surface area contributed by atoms with Crippen molar-refractivity contribution in [2.24, 2.45) is 0 Å². The van der Waals surface area contributed by atoms with Crippen molar-refractivity contribution in [2.75, 3.05) is 6.54 Å². The van der Waals surface area contributed by atoms with Crippen LogP contribution in [-0.2, 0) is 4.79 Å². The third kappa shape index (κ3) is 5.38. The molecule has 0 aromatic heterocycles. The van der Waals surface area contributed by atoms with Gasteiger partial charge in [0, 0.05) is 10.7 Å². The molecule has 1 aliphatic carbocycles. The van der Waals surface area contributed by atoms with E-state index in [0.717, 1.165) is 17.7 Å². The molecule has 4 nitrogen and oxygen atoms in total. The molecule has 4 rings (SSSR count). The van der Waals surface area contributed by atoms with Crippen molar-refractivity contribution < 1.29 is 32.2 Å². The number of ether oxygens (including phenoxy) is 1. The second kappa shape index (κ2) is 10.9. The number of hydrogen-bond donors (Lipinski definition) is 1. The zero-order chi connectivity index (χ0) is 27.7. The molecule has 1 saturated heterocycles. The fourth-order valence-corrected chi connectivity index (χ4v) is 4.89. The third-order valence-electron chi connectivity index (χ3n) is 6.99. The van der Waals surface area contributed by atoms with Crippen LogP contribution < -0.4 is 4.74 Å². The summed E-state index contributed by atoms with van der Waals surface area (Å²) in [5.41, 5.74) is -2.60. The number of likely N-dealkylation sites (tertiary alicyclic amines) is 1. The highest BCUT2D eigenvalue weighted by Gasteiger charge is 2.65. The van der Waals surface area contributed by atoms with Gasteiger partial charge in [0.2, 0.25) is 11.5 Å². The fourth-order valence-electron chi connectivity index (χ4n) is 4.76. The quantitative estimate of drug-likeness (QED) is 0.412. The summed E-state index contributed by atoms with van der Waals surface area (Å²) in [6, 6.07) is 15.9. The van der Waals surface area contributed by atoms with Crippen molar-refractivity contribution in [3.8, 4) is 5.75 Å². The lowest BCUT2D eigenvalue weighted by molar-refractivity contribution is -0.265. The van der Waals surface area contributed by atoms with Crippen molar-refractivity contribution in [3.05, 3.63) is 100 Å². The average Bonchev–Trinajstić information content (AvgIpc) is 3.07. The van der Waals surface area contributed by atoms with E-state index in [4.69, 9.17) is 16.3 Å². The van der Waals surface area contributed by atoms with Crippen LogP contribution in [0.5, 0.6) is 5.75 Å². The number of rotatable bonds is 5. The summed E-state index contributed by atoms with van der Waals surface area (Å²) in [5.74, 6) is -0.281. The lowest BCUT2D eigenvalue weighted by Crippen LogP contribution is -2.58. The number of aliphatic hydroxyl groups is 1. The first-order valence-corrected chi connectivity index (χ1v) is 12.6. The van der Waals surface area contributed by atoms with E-state index >= 15 is 0 Å². The zero-order valence-corrected chi connectivity index (χ0v) is 21.6. The molecule has 0 saturated carbocycles. The highest BCUT2D eigenvalue weighted by atomic mass is 35.5. The highest BCUT2D eigenvalue weighted by Crippen LogP contribution is 2.48. The summed E-state index contributed by atoms with van der Waals surface area (Å²) in [6.07, 6.45) is -4.09. The van der Waals surface area contributed by atoms with Crippen molar-refractivity contribution in [3.63, 3.8) is 0 Å². The summed E-state index contributed by atoms with van der Waals surface area (Å²) in [5, 5.41) is 10.7. The van der Waals surface area contributed by atoms with Crippen LogP contribution in [0.15, 0.2) is 89.7 Å². The normalized spacial score (nSPS) is 26.9. The Labute approximate surface area is 223 Å². The Kier molecular flexibility index (Phi) is 8.04. The minimum absolute atomic E-state index is 0.143. The minimum atomic E-state index is -5.19. The van der Waals surface area contributed by atoms with Crippen LogP contribution in [0.2, 0.25) is 5.02 Å². The molecule has 2 aromatic carbocycles. The van der Waals surface area contributed by atoms with Gasteiger partial charge in [-0.1, -0.05) is 54.1 Å². The first-order valence-electron chi connectivity index (χ1n) is 12.3. The van der Waals surface area contributed by atoms with E-state index in [-0.39, 0.29) is 18.9 Å². The molecule has 0 bridgehead atoms. The molecule has 1 fully saturated rings. The Morgan fingerprint density at radius 1 is 1.18 bits per heavy atom. The molecule has 9 heteroatoms. The zero-order valence-electron chi connectivity index (χ0n) is 20.9. The maximum Gasteiger partial charge on any atom is 0.424 e. The maximum atomic E-state index is 14.0. The van der Waals surface area contributed by atoms with Gasteiger partial charge >= 0.3 is 6.18 Å². The van der Waals surface area contributed by atoms with E-state index < -0.39 is 35.5 Å². The fraction of sp³-hybridized carbons (Fsp3) is 0.345. The highest BCUT2D eigenvalue weighted by molar-refractivity contribution is 6.30. The first-order chi connectivity index (χ1) is 18.0. The van der Waals surface area contributed by atoms with E-state index in [9.17, 15) is 27.5 Å². The Balaban J connectivity index is 1.71. The van der Waals surface area contributed by atoms with Crippen molar-refractivity contribution in [2.45, 2.75) is 56.7 Å². The summed E-state index contributed by atoms with van der Waals surface area (Å²) in [6.45, 7) is 3.59. The van der Waals surface area contributed by atoms with Gasteiger partial charge in [0.05, 0.1) is 12.5 Å². The van der Waals surface area contributed by atoms with Gasteiger partial charge in [0.15, 0.2) is 6.17 Å². The molecule has 1 aliphatic heterocycles.